The van der Waals surface area contributed by atoms with Gasteiger partial charge in [0.05, 0.1) is 4.47 Å². The van der Waals surface area contributed by atoms with E-state index >= 15 is 0 Å². The zero-order valence-electron chi connectivity index (χ0n) is 8.92. The Morgan fingerprint density at radius 3 is 2.62 bits per heavy atom. The molecule has 1 atom stereocenters. The van der Waals surface area contributed by atoms with Crippen LogP contribution >= 0.6 is 27.5 Å². The Bertz CT molecular complexity index is 391. The Kier molecular flexibility index (Phi) is 3.77. The van der Waals surface area contributed by atoms with E-state index in [0.717, 1.165) is 12.8 Å². The highest BCUT2D eigenvalue weighted by molar-refractivity contribution is 9.10. The van der Waals surface area contributed by atoms with E-state index in [-0.39, 0.29) is 11.8 Å². The SMILES string of the molecule is N[C@@H](c1c(Cl)ccc(Br)c1O)C1CCCC1. The lowest BCUT2D eigenvalue weighted by molar-refractivity contribution is 0.411. The molecule has 88 valence electrons. The van der Waals surface area contributed by atoms with Gasteiger partial charge in [0.25, 0.3) is 0 Å². The molecule has 1 aromatic carbocycles. The van der Waals surface area contributed by atoms with E-state index in [0.29, 0.717) is 21.0 Å². The zero-order chi connectivity index (χ0) is 11.7. The second-order valence-electron chi connectivity index (χ2n) is 4.36. The fourth-order valence-electron chi connectivity index (χ4n) is 2.43. The molecule has 16 heavy (non-hydrogen) atoms. The van der Waals surface area contributed by atoms with Crippen LogP contribution in [0, 0.1) is 5.92 Å². The Hall–Kier alpha value is -0.250. The number of nitrogens with two attached hydrogens (primary N) is 1. The first kappa shape index (κ1) is 12.2. The summed E-state index contributed by atoms with van der Waals surface area (Å²) in [6, 6.07) is 3.35. The van der Waals surface area contributed by atoms with Crippen LogP contribution < -0.4 is 5.73 Å². The number of phenolic OH excluding ortho intramolecular Hbond substituents is 1. The van der Waals surface area contributed by atoms with Crippen molar-refractivity contribution in [2.45, 2.75) is 31.7 Å². The van der Waals surface area contributed by atoms with E-state index in [1.54, 1.807) is 12.1 Å². The van der Waals surface area contributed by atoms with Gasteiger partial charge in [0, 0.05) is 16.6 Å². The molecule has 3 N–H and O–H groups in total. The van der Waals surface area contributed by atoms with E-state index in [1.165, 1.54) is 12.8 Å². The Balaban J connectivity index is 2.34. The molecule has 1 saturated carbocycles. The van der Waals surface area contributed by atoms with Crippen molar-refractivity contribution in [1.29, 1.82) is 0 Å². The maximum Gasteiger partial charge on any atom is 0.136 e. The lowest BCUT2D eigenvalue weighted by Gasteiger charge is -2.21. The van der Waals surface area contributed by atoms with Gasteiger partial charge in [0.1, 0.15) is 5.75 Å². The summed E-state index contributed by atoms with van der Waals surface area (Å²) < 4.78 is 0.653. The Morgan fingerprint density at radius 2 is 2.00 bits per heavy atom. The first-order valence-electron chi connectivity index (χ1n) is 5.53. The van der Waals surface area contributed by atoms with Gasteiger partial charge in [-0.25, -0.2) is 0 Å². The third kappa shape index (κ3) is 2.22. The normalized spacial score (nSPS) is 18.9. The van der Waals surface area contributed by atoms with E-state index in [1.807, 2.05) is 0 Å². The summed E-state index contributed by atoms with van der Waals surface area (Å²) in [5.41, 5.74) is 6.89. The second kappa shape index (κ2) is 4.94. The van der Waals surface area contributed by atoms with Gasteiger partial charge in [0.2, 0.25) is 0 Å². The highest BCUT2D eigenvalue weighted by Gasteiger charge is 2.27. The van der Waals surface area contributed by atoms with Crippen molar-refractivity contribution in [2.75, 3.05) is 0 Å². The van der Waals surface area contributed by atoms with E-state index in [2.05, 4.69) is 15.9 Å². The van der Waals surface area contributed by atoms with Crippen LogP contribution in [0.25, 0.3) is 0 Å². The monoisotopic (exact) mass is 303 g/mol. The molecule has 1 aliphatic carbocycles. The van der Waals surface area contributed by atoms with Crippen LogP contribution in [-0.2, 0) is 0 Å². The molecule has 0 aromatic heterocycles. The van der Waals surface area contributed by atoms with Gasteiger partial charge in [-0.1, -0.05) is 24.4 Å². The molecule has 2 nitrogen and oxygen atoms in total. The Labute approximate surface area is 109 Å². The molecular weight excluding hydrogens is 289 g/mol. The van der Waals surface area contributed by atoms with Crippen LogP contribution in [0.2, 0.25) is 5.02 Å². The van der Waals surface area contributed by atoms with Gasteiger partial charge in [-0.2, -0.15) is 0 Å². The zero-order valence-corrected chi connectivity index (χ0v) is 11.3. The molecule has 1 fully saturated rings. The predicted octanol–water partition coefficient (Wildman–Crippen LogP) is 4.00. The molecule has 4 heteroatoms. The highest BCUT2D eigenvalue weighted by atomic mass is 79.9. The lowest BCUT2D eigenvalue weighted by atomic mass is 9.92. The van der Waals surface area contributed by atoms with E-state index < -0.39 is 0 Å². The summed E-state index contributed by atoms with van der Waals surface area (Å²) in [6.07, 6.45) is 4.71. The average molecular weight is 305 g/mol. The number of halogens is 2. The van der Waals surface area contributed by atoms with Crippen LogP contribution in [0.5, 0.6) is 5.75 Å². The van der Waals surface area contributed by atoms with Gasteiger partial charge < -0.3 is 10.8 Å². The molecule has 0 radical (unpaired) electrons. The standard InChI is InChI=1S/C12H15BrClNO/c13-8-5-6-9(14)10(12(8)16)11(15)7-3-1-2-4-7/h5-7,11,16H,1-4,15H2/t11-/m1/s1. The molecule has 0 amide bonds. The quantitative estimate of drug-likeness (QED) is 0.867. The largest absolute Gasteiger partial charge is 0.506 e. The third-order valence-corrected chi connectivity index (χ3v) is 4.33. The van der Waals surface area contributed by atoms with Crippen molar-refractivity contribution >= 4 is 27.5 Å². The molecule has 1 aromatic rings. The van der Waals surface area contributed by atoms with Crippen molar-refractivity contribution in [3.63, 3.8) is 0 Å². The second-order valence-corrected chi connectivity index (χ2v) is 5.62. The van der Waals surface area contributed by atoms with E-state index in [4.69, 9.17) is 17.3 Å². The molecule has 0 bridgehead atoms. The van der Waals surface area contributed by atoms with Crippen molar-refractivity contribution in [1.82, 2.24) is 0 Å². The van der Waals surface area contributed by atoms with E-state index in [9.17, 15) is 5.11 Å². The smallest absolute Gasteiger partial charge is 0.136 e. The fourth-order valence-corrected chi connectivity index (χ4v) is 3.05. The van der Waals surface area contributed by atoms with Crippen LogP contribution in [0.3, 0.4) is 0 Å². The first-order chi connectivity index (χ1) is 7.61. The van der Waals surface area contributed by atoms with Crippen molar-refractivity contribution in [3.8, 4) is 5.75 Å². The summed E-state index contributed by atoms with van der Waals surface area (Å²) in [7, 11) is 0. The maximum absolute atomic E-state index is 10.00. The average Bonchev–Trinajstić information content (AvgIpc) is 2.77. The molecular formula is C12H15BrClNO. The minimum absolute atomic E-state index is 0.160. The molecule has 0 spiro atoms. The number of phenols is 1. The summed E-state index contributed by atoms with van der Waals surface area (Å²) in [4.78, 5) is 0. The van der Waals surface area contributed by atoms with Crippen molar-refractivity contribution in [3.05, 3.63) is 27.2 Å². The molecule has 1 aliphatic rings. The first-order valence-corrected chi connectivity index (χ1v) is 6.71. The number of hydrogen-bond donors (Lipinski definition) is 2. The van der Waals surface area contributed by atoms with Crippen LogP contribution in [0.1, 0.15) is 37.3 Å². The van der Waals surface area contributed by atoms with Gasteiger partial charge in [-0.15, -0.1) is 0 Å². The fraction of sp³-hybridized carbons (Fsp3) is 0.500. The predicted molar refractivity (Wildman–Crippen MR) is 69.7 cm³/mol. The number of rotatable bonds is 2. The third-order valence-electron chi connectivity index (χ3n) is 3.36. The molecule has 0 unspecified atom stereocenters. The topological polar surface area (TPSA) is 46.2 Å². The van der Waals surface area contributed by atoms with Gasteiger partial charge >= 0.3 is 0 Å². The Morgan fingerprint density at radius 1 is 1.38 bits per heavy atom. The molecule has 2 rings (SSSR count). The lowest BCUT2D eigenvalue weighted by Crippen LogP contribution is -2.19. The number of aromatic hydroxyl groups is 1. The van der Waals surface area contributed by atoms with Crippen LogP contribution in [0.4, 0.5) is 0 Å². The summed E-state index contributed by atoms with van der Waals surface area (Å²) in [6.45, 7) is 0. The minimum atomic E-state index is -0.160. The van der Waals surface area contributed by atoms with Crippen LogP contribution in [0.15, 0.2) is 16.6 Å². The van der Waals surface area contributed by atoms with Gasteiger partial charge in [-0.3, -0.25) is 0 Å². The van der Waals surface area contributed by atoms with Crippen molar-refractivity contribution < 1.29 is 5.11 Å². The summed E-state index contributed by atoms with van der Waals surface area (Å²) in [5.74, 6) is 0.629. The number of hydrogen-bond acceptors (Lipinski definition) is 2. The molecule has 0 aliphatic heterocycles. The van der Waals surface area contributed by atoms with Gasteiger partial charge in [-0.05, 0) is 46.8 Å². The number of benzene rings is 1. The minimum Gasteiger partial charge on any atom is -0.506 e. The summed E-state index contributed by atoms with van der Waals surface area (Å²) in [5, 5.41) is 10.6. The maximum atomic E-state index is 10.00. The van der Waals surface area contributed by atoms with Crippen molar-refractivity contribution in [2.24, 2.45) is 11.7 Å². The summed E-state index contributed by atoms with van der Waals surface area (Å²) >= 11 is 9.41. The molecule has 0 heterocycles. The molecule has 0 saturated heterocycles. The van der Waals surface area contributed by atoms with Gasteiger partial charge in [0.15, 0.2) is 0 Å². The highest BCUT2D eigenvalue weighted by Crippen LogP contribution is 2.42. The van der Waals surface area contributed by atoms with Crippen LogP contribution in [-0.4, -0.2) is 5.11 Å².